The lowest BCUT2D eigenvalue weighted by Crippen LogP contribution is -2.39. The van der Waals surface area contributed by atoms with Gasteiger partial charge in [0.1, 0.15) is 17.7 Å². The van der Waals surface area contributed by atoms with Crippen LogP contribution in [0.5, 0.6) is 5.75 Å². The molecule has 1 aromatic carbocycles. The standard InChI is InChI=1S/C18H22FN5O4S/c1-23(2)29(26,27)24-7-5-16(12-24)28-17-9-13(19)8-15(10-17)22-18(25)21-14-4-3-6-20-11-14/h3-4,6,8-11,16H,5,7,12H2,1-2H3,(H2,21,22,25). The van der Waals surface area contributed by atoms with Gasteiger partial charge in [-0.3, -0.25) is 4.98 Å². The molecule has 1 aromatic heterocycles. The number of pyridine rings is 1. The summed E-state index contributed by atoms with van der Waals surface area (Å²) in [6.45, 7) is 0.487. The predicted molar refractivity (Wildman–Crippen MR) is 106 cm³/mol. The Bertz CT molecular complexity index is 971. The average molecular weight is 423 g/mol. The van der Waals surface area contributed by atoms with Crippen LogP contribution in [0.3, 0.4) is 0 Å². The van der Waals surface area contributed by atoms with E-state index in [0.717, 1.165) is 10.4 Å². The molecule has 29 heavy (non-hydrogen) atoms. The molecule has 1 unspecified atom stereocenters. The first-order chi connectivity index (χ1) is 13.7. The maximum Gasteiger partial charge on any atom is 0.323 e. The van der Waals surface area contributed by atoms with Crippen LogP contribution in [0.15, 0.2) is 42.7 Å². The molecule has 9 nitrogen and oxygen atoms in total. The molecule has 0 bridgehead atoms. The Hall–Kier alpha value is -2.76. The molecule has 2 amide bonds. The molecule has 0 saturated carbocycles. The molecular formula is C18H22FN5O4S. The Kier molecular flexibility index (Phi) is 6.30. The molecule has 0 spiro atoms. The van der Waals surface area contributed by atoms with E-state index in [9.17, 15) is 17.6 Å². The van der Waals surface area contributed by atoms with Crippen molar-refractivity contribution in [3.8, 4) is 5.75 Å². The van der Waals surface area contributed by atoms with E-state index in [4.69, 9.17) is 4.74 Å². The van der Waals surface area contributed by atoms with Crippen LogP contribution in [0, 0.1) is 5.82 Å². The van der Waals surface area contributed by atoms with Crippen molar-refractivity contribution in [2.45, 2.75) is 12.5 Å². The number of hydrogen-bond acceptors (Lipinski definition) is 5. The third-order valence-electron chi connectivity index (χ3n) is 4.25. The third-order valence-corrected chi connectivity index (χ3v) is 6.15. The summed E-state index contributed by atoms with van der Waals surface area (Å²) in [6, 6.07) is 6.61. The van der Waals surface area contributed by atoms with E-state index in [0.29, 0.717) is 18.7 Å². The Balaban J connectivity index is 1.63. The van der Waals surface area contributed by atoms with Gasteiger partial charge in [0.2, 0.25) is 0 Å². The van der Waals surface area contributed by atoms with Gasteiger partial charge in [-0.05, 0) is 24.6 Å². The topological polar surface area (TPSA) is 104 Å². The second-order valence-corrected chi connectivity index (χ2v) is 8.82. The van der Waals surface area contributed by atoms with Gasteiger partial charge in [0.15, 0.2) is 0 Å². The van der Waals surface area contributed by atoms with E-state index < -0.39 is 28.2 Å². The molecule has 1 atom stereocenters. The molecule has 1 aliphatic heterocycles. The van der Waals surface area contributed by atoms with Gasteiger partial charge in [0.05, 0.1) is 18.4 Å². The smallest absolute Gasteiger partial charge is 0.323 e. The number of ether oxygens (including phenoxy) is 1. The number of carbonyl (C=O) groups is 1. The van der Waals surface area contributed by atoms with E-state index in [1.165, 1.54) is 36.7 Å². The molecule has 3 rings (SSSR count). The van der Waals surface area contributed by atoms with Crippen LogP contribution in [-0.2, 0) is 10.2 Å². The first kappa shape index (κ1) is 21.0. The minimum absolute atomic E-state index is 0.168. The lowest BCUT2D eigenvalue weighted by atomic mass is 10.2. The van der Waals surface area contributed by atoms with Crippen LogP contribution in [0.2, 0.25) is 0 Å². The van der Waals surface area contributed by atoms with Gasteiger partial charge in [0, 0.05) is 44.7 Å². The van der Waals surface area contributed by atoms with Crippen LogP contribution >= 0.6 is 0 Å². The van der Waals surface area contributed by atoms with Crippen molar-refractivity contribution in [2.24, 2.45) is 0 Å². The maximum atomic E-state index is 14.0. The van der Waals surface area contributed by atoms with Gasteiger partial charge in [-0.25, -0.2) is 9.18 Å². The summed E-state index contributed by atoms with van der Waals surface area (Å²) in [4.78, 5) is 16.0. The fraction of sp³-hybridized carbons (Fsp3) is 0.333. The zero-order valence-electron chi connectivity index (χ0n) is 16.0. The summed E-state index contributed by atoms with van der Waals surface area (Å²) >= 11 is 0. The Labute approximate surface area is 168 Å². The van der Waals surface area contributed by atoms with Crippen molar-refractivity contribution in [3.63, 3.8) is 0 Å². The molecule has 156 valence electrons. The number of nitrogens with one attached hydrogen (secondary N) is 2. The highest BCUT2D eigenvalue weighted by molar-refractivity contribution is 7.86. The maximum absolute atomic E-state index is 14.0. The number of halogens is 1. The molecule has 2 heterocycles. The molecule has 0 aliphatic carbocycles. The second-order valence-electron chi connectivity index (χ2n) is 6.67. The monoisotopic (exact) mass is 423 g/mol. The first-order valence-corrected chi connectivity index (χ1v) is 10.3. The van der Waals surface area contributed by atoms with E-state index in [-0.39, 0.29) is 18.0 Å². The van der Waals surface area contributed by atoms with Gasteiger partial charge in [-0.15, -0.1) is 0 Å². The quantitative estimate of drug-likeness (QED) is 0.741. The van der Waals surface area contributed by atoms with Crippen molar-refractivity contribution < 1.29 is 22.3 Å². The van der Waals surface area contributed by atoms with Crippen LogP contribution in [0.1, 0.15) is 6.42 Å². The van der Waals surface area contributed by atoms with Gasteiger partial charge in [0.25, 0.3) is 10.2 Å². The molecule has 1 saturated heterocycles. The van der Waals surface area contributed by atoms with Crippen LogP contribution in [0.25, 0.3) is 0 Å². The fourth-order valence-electron chi connectivity index (χ4n) is 2.86. The van der Waals surface area contributed by atoms with Gasteiger partial charge in [-0.1, -0.05) is 0 Å². The van der Waals surface area contributed by atoms with Crippen LogP contribution < -0.4 is 15.4 Å². The minimum Gasteiger partial charge on any atom is -0.489 e. The summed E-state index contributed by atoms with van der Waals surface area (Å²) in [7, 11) is -0.596. The molecule has 1 fully saturated rings. The molecule has 1 aliphatic rings. The first-order valence-electron chi connectivity index (χ1n) is 8.87. The van der Waals surface area contributed by atoms with Gasteiger partial charge < -0.3 is 15.4 Å². The number of urea groups is 1. The normalized spacial score (nSPS) is 17.3. The van der Waals surface area contributed by atoms with Gasteiger partial charge >= 0.3 is 6.03 Å². The number of hydrogen-bond donors (Lipinski definition) is 2. The Morgan fingerprint density at radius 2 is 2.03 bits per heavy atom. The summed E-state index contributed by atoms with van der Waals surface area (Å²) in [6.07, 6.45) is 3.12. The Morgan fingerprint density at radius 1 is 1.28 bits per heavy atom. The highest BCUT2D eigenvalue weighted by atomic mass is 32.2. The fourth-order valence-corrected chi connectivity index (χ4v) is 4.01. The van der Waals surface area contributed by atoms with Crippen LogP contribution in [0.4, 0.5) is 20.6 Å². The van der Waals surface area contributed by atoms with Crippen molar-refractivity contribution >= 4 is 27.6 Å². The Morgan fingerprint density at radius 3 is 2.72 bits per heavy atom. The lowest BCUT2D eigenvalue weighted by Gasteiger charge is -2.21. The number of carbonyl (C=O) groups excluding carboxylic acids is 1. The summed E-state index contributed by atoms with van der Waals surface area (Å²) in [5.74, 6) is -0.384. The number of anilines is 2. The van der Waals surface area contributed by atoms with Crippen molar-refractivity contribution in [1.82, 2.24) is 13.6 Å². The molecule has 2 N–H and O–H groups in total. The van der Waals surface area contributed by atoms with E-state index in [2.05, 4.69) is 15.6 Å². The third kappa shape index (κ3) is 5.40. The summed E-state index contributed by atoms with van der Waals surface area (Å²) in [5.41, 5.74) is 0.697. The number of amides is 2. The van der Waals surface area contributed by atoms with E-state index >= 15 is 0 Å². The number of aromatic nitrogens is 1. The van der Waals surface area contributed by atoms with Crippen molar-refractivity contribution in [3.05, 3.63) is 48.5 Å². The highest BCUT2D eigenvalue weighted by Gasteiger charge is 2.33. The minimum atomic E-state index is -3.52. The van der Waals surface area contributed by atoms with E-state index in [1.54, 1.807) is 18.3 Å². The molecule has 0 radical (unpaired) electrons. The zero-order valence-corrected chi connectivity index (χ0v) is 16.8. The average Bonchev–Trinajstić information content (AvgIpc) is 3.11. The second kappa shape index (κ2) is 8.72. The number of benzene rings is 1. The van der Waals surface area contributed by atoms with Crippen molar-refractivity contribution in [1.29, 1.82) is 0 Å². The SMILES string of the molecule is CN(C)S(=O)(=O)N1CCC(Oc2cc(F)cc(NC(=O)Nc3cccnc3)c2)C1. The predicted octanol–water partition coefficient (Wildman–Crippen LogP) is 2.12. The van der Waals surface area contributed by atoms with Crippen molar-refractivity contribution in [2.75, 3.05) is 37.8 Å². The number of rotatable bonds is 6. The largest absolute Gasteiger partial charge is 0.489 e. The highest BCUT2D eigenvalue weighted by Crippen LogP contribution is 2.25. The zero-order chi connectivity index (χ0) is 21.0. The summed E-state index contributed by atoms with van der Waals surface area (Å²) < 4.78 is 46.6. The molecular weight excluding hydrogens is 401 g/mol. The van der Waals surface area contributed by atoms with Crippen LogP contribution in [-0.4, -0.2) is 61.3 Å². The van der Waals surface area contributed by atoms with E-state index in [1.807, 2.05) is 0 Å². The lowest BCUT2D eigenvalue weighted by molar-refractivity contribution is 0.214. The number of nitrogens with zero attached hydrogens (tertiary/aromatic N) is 3. The molecule has 2 aromatic rings. The van der Waals surface area contributed by atoms with Gasteiger partial charge in [-0.2, -0.15) is 17.0 Å². The molecule has 11 heteroatoms. The summed E-state index contributed by atoms with van der Waals surface area (Å²) in [5, 5.41) is 5.12.